The van der Waals surface area contributed by atoms with Crippen LogP contribution in [-0.2, 0) is 9.53 Å². The fourth-order valence-corrected chi connectivity index (χ4v) is 1.25. The van der Waals surface area contributed by atoms with E-state index in [1.807, 2.05) is 30.3 Å². The molecule has 1 aliphatic heterocycles. The molecule has 1 heterocycles. The van der Waals surface area contributed by atoms with Gasteiger partial charge in [0.15, 0.2) is 6.61 Å². The number of amides is 1. The summed E-state index contributed by atoms with van der Waals surface area (Å²) in [5.41, 5.74) is 0. The Hall–Kier alpha value is -1.55. The lowest BCUT2D eigenvalue weighted by Crippen LogP contribution is -2.49. The molecule has 80 valence electrons. The molecule has 0 aliphatic carbocycles. The van der Waals surface area contributed by atoms with E-state index in [0.29, 0.717) is 19.0 Å². The Morgan fingerprint density at radius 3 is 2.73 bits per heavy atom. The Labute approximate surface area is 88.2 Å². The predicted molar refractivity (Wildman–Crippen MR) is 54.7 cm³/mol. The minimum Gasteiger partial charge on any atom is -0.484 e. The van der Waals surface area contributed by atoms with E-state index in [1.54, 1.807) is 0 Å². The summed E-state index contributed by atoms with van der Waals surface area (Å²) in [7, 11) is 0. The number of hydrogen-bond acceptors (Lipinski definition) is 3. The lowest BCUT2D eigenvalue weighted by Gasteiger charge is -2.26. The molecule has 1 amide bonds. The molecular weight excluding hydrogens is 194 g/mol. The van der Waals surface area contributed by atoms with Crippen LogP contribution in [0.3, 0.4) is 0 Å². The average Bonchev–Trinajstić information content (AvgIpc) is 2.22. The third-order valence-corrected chi connectivity index (χ3v) is 2.12. The van der Waals surface area contributed by atoms with E-state index in [1.165, 1.54) is 0 Å². The Morgan fingerprint density at radius 1 is 1.40 bits per heavy atom. The van der Waals surface area contributed by atoms with Crippen LogP contribution in [0.5, 0.6) is 5.75 Å². The van der Waals surface area contributed by atoms with Crippen molar-refractivity contribution < 1.29 is 14.3 Å². The van der Waals surface area contributed by atoms with Gasteiger partial charge in [0.1, 0.15) is 5.75 Å². The topological polar surface area (TPSA) is 47.6 Å². The fourth-order valence-electron chi connectivity index (χ4n) is 1.25. The molecule has 0 bridgehead atoms. The summed E-state index contributed by atoms with van der Waals surface area (Å²) >= 11 is 0. The van der Waals surface area contributed by atoms with Gasteiger partial charge in [-0.1, -0.05) is 18.2 Å². The smallest absolute Gasteiger partial charge is 0.258 e. The number of ether oxygens (including phenoxy) is 2. The van der Waals surface area contributed by atoms with Crippen molar-refractivity contribution in [2.45, 2.75) is 6.04 Å². The van der Waals surface area contributed by atoms with Crippen molar-refractivity contribution in [3.63, 3.8) is 0 Å². The van der Waals surface area contributed by atoms with Crippen molar-refractivity contribution in [3.8, 4) is 5.75 Å². The molecule has 0 radical (unpaired) electrons. The van der Waals surface area contributed by atoms with Gasteiger partial charge in [-0.3, -0.25) is 4.79 Å². The lowest BCUT2D eigenvalue weighted by molar-refractivity contribution is -0.127. The highest BCUT2D eigenvalue weighted by Gasteiger charge is 2.20. The Kier molecular flexibility index (Phi) is 3.19. The summed E-state index contributed by atoms with van der Waals surface area (Å²) in [5, 5.41) is 2.80. The maximum absolute atomic E-state index is 11.3. The van der Waals surface area contributed by atoms with Gasteiger partial charge in [-0.05, 0) is 12.1 Å². The van der Waals surface area contributed by atoms with Crippen LogP contribution >= 0.6 is 0 Å². The van der Waals surface area contributed by atoms with Crippen LogP contribution in [0.15, 0.2) is 30.3 Å². The second kappa shape index (κ2) is 4.79. The van der Waals surface area contributed by atoms with Gasteiger partial charge in [-0.25, -0.2) is 0 Å². The van der Waals surface area contributed by atoms with Crippen LogP contribution in [0.25, 0.3) is 0 Å². The highest BCUT2D eigenvalue weighted by atomic mass is 16.5. The number of nitrogens with one attached hydrogen (secondary N) is 1. The molecule has 0 saturated carbocycles. The second-order valence-electron chi connectivity index (χ2n) is 3.40. The number of para-hydroxylation sites is 1. The SMILES string of the molecule is O=C(COc1ccccc1)NC1COC1. The van der Waals surface area contributed by atoms with E-state index >= 15 is 0 Å². The molecule has 0 unspecified atom stereocenters. The number of carbonyl (C=O) groups is 1. The van der Waals surface area contributed by atoms with Gasteiger partial charge in [-0.15, -0.1) is 0 Å². The first kappa shape index (κ1) is 9.98. The lowest BCUT2D eigenvalue weighted by atomic mass is 10.2. The molecule has 1 N–H and O–H groups in total. The van der Waals surface area contributed by atoms with Crippen molar-refractivity contribution in [2.75, 3.05) is 19.8 Å². The Balaban J connectivity index is 1.71. The first-order valence-electron chi connectivity index (χ1n) is 4.89. The van der Waals surface area contributed by atoms with E-state index in [-0.39, 0.29) is 18.6 Å². The van der Waals surface area contributed by atoms with Gasteiger partial charge in [0.2, 0.25) is 0 Å². The van der Waals surface area contributed by atoms with E-state index in [0.717, 1.165) is 0 Å². The molecule has 15 heavy (non-hydrogen) atoms. The van der Waals surface area contributed by atoms with Crippen molar-refractivity contribution in [1.82, 2.24) is 5.32 Å². The molecule has 4 nitrogen and oxygen atoms in total. The first-order chi connectivity index (χ1) is 7.34. The van der Waals surface area contributed by atoms with Crippen LogP contribution in [-0.4, -0.2) is 31.8 Å². The van der Waals surface area contributed by atoms with Gasteiger partial charge < -0.3 is 14.8 Å². The molecule has 2 rings (SSSR count). The minimum atomic E-state index is -0.104. The predicted octanol–water partition coefficient (Wildman–Crippen LogP) is 0.580. The zero-order valence-electron chi connectivity index (χ0n) is 8.31. The number of hydrogen-bond donors (Lipinski definition) is 1. The summed E-state index contributed by atoms with van der Waals surface area (Å²) in [6.45, 7) is 1.27. The third-order valence-electron chi connectivity index (χ3n) is 2.12. The largest absolute Gasteiger partial charge is 0.484 e. The van der Waals surface area contributed by atoms with Gasteiger partial charge in [0, 0.05) is 0 Å². The standard InChI is InChI=1S/C11H13NO3/c13-11(12-9-6-14-7-9)8-15-10-4-2-1-3-5-10/h1-5,9H,6-8H2,(H,12,13). The summed E-state index contributed by atoms with van der Waals surface area (Å²) in [5.74, 6) is 0.602. The van der Waals surface area contributed by atoms with Crippen molar-refractivity contribution >= 4 is 5.91 Å². The van der Waals surface area contributed by atoms with Crippen molar-refractivity contribution in [2.24, 2.45) is 0 Å². The highest BCUT2D eigenvalue weighted by molar-refractivity contribution is 5.77. The summed E-state index contributed by atoms with van der Waals surface area (Å²) < 4.78 is 10.2. The quantitative estimate of drug-likeness (QED) is 0.785. The minimum absolute atomic E-state index is 0.0561. The van der Waals surface area contributed by atoms with Crippen molar-refractivity contribution in [1.29, 1.82) is 0 Å². The Morgan fingerprint density at radius 2 is 2.13 bits per heavy atom. The van der Waals surface area contributed by atoms with Gasteiger partial charge in [0.25, 0.3) is 5.91 Å². The molecule has 1 saturated heterocycles. The molecule has 1 aromatic rings. The van der Waals surface area contributed by atoms with Crippen LogP contribution in [0.2, 0.25) is 0 Å². The van der Waals surface area contributed by atoms with Gasteiger partial charge >= 0.3 is 0 Å². The summed E-state index contributed by atoms with van der Waals surface area (Å²) in [6.07, 6.45) is 0. The second-order valence-corrected chi connectivity index (χ2v) is 3.40. The number of rotatable bonds is 4. The average molecular weight is 207 g/mol. The van der Waals surface area contributed by atoms with Crippen LogP contribution in [0.4, 0.5) is 0 Å². The normalized spacial score (nSPS) is 15.5. The summed E-state index contributed by atoms with van der Waals surface area (Å²) in [6, 6.07) is 9.44. The van der Waals surface area contributed by atoms with Crippen LogP contribution < -0.4 is 10.1 Å². The molecule has 0 spiro atoms. The first-order valence-corrected chi connectivity index (χ1v) is 4.89. The highest BCUT2D eigenvalue weighted by Crippen LogP contribution is 2.07. The van der Waals surface area contributed by atoms with E-state index < -0.39 is 0 Å². The maximum Gasteiger partial charge on any atom is 0.258 e. The number of benzene rings is 1. The van der Waals surface area contributed by atoms with Gasteiger partial charge in [-0.2, -0.15) is 0 Å². The Bertz CT molecular complexity index is 322. The van der Waals surface area contributed by atoms with E-state index in [2.05, 4.69) is 5.32 Å². The third kappa shape index (κ3) is 2.95. The van der Waals surface area contributed by atoms with Gasteiger partial charge in [0.05, 0.1) is 19.3 Å². The van der Waals surface area contributed by atoms with Crippen molar-refractivity contribution in [3.05, 3.63) is 30.3 Å². The maximum atomic E-state index is 11.3. The van der Waals surface area contributed by atoms with E-state index in [4.69, 9.17) is 9.47 Å². The molecule has 0 atom stereocenters. The monoisotopic (exact) mass is 207 g/mol. The van der Waals surface area contributed by atoms with Crippen LogP contribution in [0.1, 0.15) is 0 Å². The zero-order chi connectivity index (χ0) is 10.5. The molecule has 1 aliphatic rings. The summed E-state index contributed by atoms with van der Waals surface area (Å²) in [4.78, 5) is 11.3. The zero-order valence-corrected chi connectivity index (χ0v) is 8.31. The fraction of sp³-hybridized carbons (Fsp3) is 0.364. The van der Waals surface area contributed by atoms with Crippen LogP contribution in [0, 0.1) is 0 Å². The molecule has 1 fully saturated rings. The molecule has 0 aromatic heterocycles. The molecular formula is C11H13NO3. The van der Waals surface area contributed by atoms with E-state index in [9.17, 15) is 4.79 Å². The molecule has 4 heteroatoms. The molecule has 1 aromatic carbocycles. The number of carbonyl (C=O) groups excluding carboxylic acids is 1.